The first kappa shape index (κ1) is 19.2. The molecule has 2 aromatic rings. The molecule has 1 heterocycles. The van der Waals surface area contributed by atoms with E-state index in [1.807, 2.05) is 43.3 Å². The van der Waals surface area contributed by atoms with Gasteiger partial charge in [0.2, 0.25) is 10.0 Å². The van der Waals surface area contributed by atoms with Gasteiger partial charge in [-0.1, -0.05) is 63.4 Å². The van der Waals surface area contributed by atoms with Gasteiger partial charge in [0.05, 0.1) is 4.90 Å². The minimum absolute atomic E-state index is 0.250. The topological polar surface area (TPSA) is 37.4 Å². The molecule has 0 N–H and O–H groups in total. The molecule has 2 aliphatic rings. The standard InChI is InChI=1S/C21H21BrClNO2S/c1-15-2-10-20(11-3-15)27(25,26)24-13-17-4-7-18(22)12-21(17,14-24)16-5-8-19(23)9-6-16/h2-3,5-6,8-12,17H,4,7,13-14H2,1H3. The Morgan fingerprint density at radius 3 is 2.44 bits per heavy atom. The third-order valence-corrected chi connectivity index (χ3v) is 8.48. The van der Waals surface area contributed by atoms with Crippen LogP contribution in [-0.4, -0.2) is 25.8 Å². The number of nitrogens with zero attached hydrogens (tertiary/aromatic N) is 1. The number of hydrogen-bond donors (Lipinski definition) is 0. The van der Waals surface area contributed by atoms with E-state index in [4.69, 9.17) is 11.6 Å². The summed E-state index contributed by atoms with van der Waals surface area (Å²) in [6.45, 7) is 2.94. The average molecular weight is 467 g/mol. The number of aryl methyl sites for hydroxylation is 1. The van der Waals surface area contributed by atoms with Crippen LogP contribution in [0.3, 0.4) is 0 Å². The molecule has 2 atom stereocenters. The third-order valence-electron chi connectivity index (χ3n) is 5.78. The molecule has 0 bridgehead atoms. The van der Waals surface area contributed by atoms with Gasteiger partial charge in [-0.2, -0.15) is 4.31 Å². The van der Waals surface area contributed by atoms with Crippen LogP contribution in [0.15, 0.2) is 64.0 Å². The van der Waals surface area contributed by atoms with Crippen molar-refractivity contribution in [2.45, 2.75) is 30.1 Å². The molecular weight excluding hydrogens is 446 g/mol. The molecule has 3 nitrogen and oxygen atoms in total. The minimum Gasteiger partial charge on any atom is -0.207 e. The number of sulfonamides is 1. The summed E-state index contributed by atoms with van der Waals surface area (Å²) in [5.41, 5.74) is 1.85. The van der Waals surface area contributed by atoms with E-state index >= 15 is 0 Å². The largest absolute Gasteiger partial charge is 0.243 e. The smallest absolute Gasteiger partial charge is 0.207 e. The lowest BCUT2D eigenvalue weighted by Crippen LogP contribution is -2.36. The molecule has 142 valence electrons. The van der Waals surface area contributed by atoms with Gasteiger partial charge in [-0.3, -0.25) is 0 Å². The molecule has 0 spiro atoms. The highest BCUT2D eigenvalue weighted by Crippen LogP contribution is 2.49. The first-order valence-corrected chi connectivity index (χ1v) is 11.6. The van der Waals surface area contributed by atoms with Gasteiger partial charge in [0.25, 0.3) is 0 Å². The van der Waals surface area contributed by atoms with Crippen molar-refractivity contribution < 1.29 is 8.42 Å². The lowest BCUT2D eigenvalue weighted by molar-refractivity contribution is 0.377. The lowest BCUT2D eigenvalue weighted by Gasteiger charge is -2.36. The number of rotatable bonds is 3. The maximum absolute atomic E-state index is 13.3. The summed E-state index contributed by atoms with van der Waals surface area (Å²) < 4.78 is 29.3. The van der Waals surface area contributed by atoms with Gasteiger partial charge in [-0.25, -0.2) is 8.42 Å². The Labute approximate surface area is 174 Å². The summed E-state index contributed by atoms with van der Waals surface area (Å²) in [7, 11) is -3.52. The minimum atomic E-state index is -3.52. The van der Waals surface area contributed by atoms with Crippen LogP contribution in [0.1, 0.15) is 24.0 Å². The van der Waals surface area contributed by atoms with E-state index in [2.05, 4.69) is 22.0 Å². The van der Waals surface area contributed by atoms with Crippen molar-refractivity contribution in [1.29, 1.82) is 0 Å². The van der Waals surface area contributed by atoms with Crippen LogP contribution in [0.2, 0.25) is 5.02 Å². The summed E-state index contributed by atoms with van der Waals surface area (Å²) in [5.74, 6) is 0.250. The van der Waals surface area contributed by atoms with Gasteiger partial charge in [0, 0.05) is 23.5 Å². The third kappa shape index (κ3) is 3.39. The highest BCUT2D eigenvalue weighted by molar-refractivity contribution is 9.11. The van der Waals surface area contributed by atoms with Crippen LogP contribution < -0.4 is 0 Å². The number of fused-ring (bicyclic) bond motifs is 1. The fraction of sp³-hybridized carbons (Fsp3) is 0.333. The number of allylic oxidation sites excluding steroid dienone is 1. The molecule has 6 heteroatoms. The van der Waals surface area contributed by atoms with Crippen molar-refractivity contribution >= 4 is 37.6 Å². The predicted octanol–water partition coefficient (Wildman–Crippen LogP) is 5.28. The van der Waals surface area contributed by atoms with E-state index < -0.39 is 10.0 Å². The quantitative estimate of drug-likeness (QED) is 0.617. The molecule has 2 unspecified atom stereocenters. The average Bonchev–Trinajstić information content (AvgIpc) is 3.03. The fourth-order valence-electron chi connectivity index (χ4n) is 4.28. The summed E-state index contributed by atoms with van der Waals surface area (Å²) in [6, 6.07) is 14.9. The number of benzene rings is 2. The number of hydrogen-bond acceptors (Lipinski definition) is 2. The van der Waals surface area contributed by atoms with Gasteiger partial charge in [-0.15, -0.1) is 0 Å². The normalized spacial score (nSPS) is 25.9. The first-order valence-electron chi connectivity index (χ1n) is 9.01. The maximum Gasteiger partial charge on any atom is 0.243 e. The zero-order valence-electron chi connectivity index (χ0n) is 15.0. The molecule has 4 rings (SSSR count). The molecule has 2 aromatic carbocycles. The molecule has 27 heavy (non-hydrogen) atoms. The lowest BCUT2D eigenvalue weighted by atomic mass is 9.68. The van der Waals surface area contributed by atoms with Crippen molar-refractivity contribution in [3.05, 3.63) is 75.2 Å². The molecule has 0 saturated carbocycles. The molecule has 1 saturated heterocycles. The summed E-state index contributed by atoms with van der Waals surface area (Å²) in [4.78, 5) is 0.362. The Balaban J connectivity index is 1.75. The molecular formula is C21H21BrClNO2S. The summed E-state index contributed by atoms with van der Waals surface area (Å²) >= 11 is 9.75. The zero-order chi connectivity index (χ0) is 19.2. The number of halogens is 2. The molecule has 0 radical (unpaired) electrons. The molecule has 1 aliphatic carbocycles. The zero-order valence-corrected chi connectivity index (χ0v) is 18.2. The fourth-order valence-corrected chi connectivity index (χ4v) is 6.58. The highest BCUT2D eigenvalue weighted by Gasteiger charge is 2.51. The Hall–Kier alpha value is -1.14. The Bertz CT molecular complexity index is 986. The summed E-state index contributed by atoms with van der Waals surface area (Å²) in [5, 5.41) is 0.688. The van der Waals surface area contributed by atoms with Crippen molar-refractivity contribution in [3.8, 4) is 0 Å². The van der Waals surface area contributed by atoms with Crippen LogP contribution in [0.5, 0.6) is 0 Å². The second-order valence-corrected chi connectivity index (χ2v) is 10.9. The SMILES string of the molecule is Cc1ccc(S(=O)(=O)N2CC3CCC(Br)=CC3(c3ccc(Cl)cc3)C2)cc1. The molecule has 1 aliphatic heterocycles. The van der Waals surface area contributed by atoms with E-state index in [-0.39, 0.29) is 11.3 Å². The van der Waals surface area contributed by atoms with E-state index in [0.29, 0.717) is 23.0 Å². The molecule has 0 aromatic heterocycles. The second kappa shape index (κ2) is 7.03. The van der Waals surface area contributed by atoms with Crippen LogP contribution in [0, 0.1) is 12.8 Å². The van der Waals surface area contributed by atoms with Gasteiger partial charge in [0.15, 0.2) is 0 Å². The van der Waals surface area contributed by atoms with Gasteiger partial charge < -0.3 is 0 Å². The van der Waals surface area contributed by atoms with Crippen LogP contribution in [0.25, 0.3) is 0 Å². The van der Waals surface area contributed by atoms with Gasteiger partial charge in [0.1, 0.15) is 0 Å². The van der Waals surface area contributed by atoms with E-state index in [0.717, 1.165) is 28.5 Å². The highest BCUT2D eigenvalue weighted by atomic mass is 79.9. The monoisotopic (exact) mass is 465 g/mol. The second-order valence-electron chi connectivity index (χ2n) is 7.48. The summed E-state index contributed by atoms with van der Waals surface area (Å²) in [6.07, 6.45) is 4.12. The van der Waals surface area contributed by atoms with E-state index in [9.17, 15) is 8.42 Å². The van der Waals surface area contributed by atoms with Crippen molar-refractivity contribution in [3.63, 3.8) is 0 Å². The predicted molar refractivity (Wildman–Crippen MR) is 113 cm³/mol. The Morgan fingerprint density at radius 1 is 1.11 bits per heavy atom. The van der Waals surface area contributed by atoms with Crippen LogP contribution >= 0.6 is 27.5 Å². The van der Waals surface area contributed by atoms with Crippen molar-refractivity contribution in [1.82, 2.24) is 4.31 Å². The molecule has 1 fully saturated rings. The van der Waals surface area contributed by atoms with Crippen LogP contribution in [0.4, 0.5) is 0 Å². The maximum atomic E-state index is 13.3. The molecule has 0 amide bonds. The van der Waals surface area contributed by atoms with Crippen LogP contribution in [-0.2, 0) is 15.4 Å². The van der Waals surface area contributed by atoms with Gasteiger partial charge >= 0.3 is 0 Å². The van der Waals surface area contributed by atoms with E-state index in [1.54, 1.807) is 16.4 Å². The Morgan fingerprint density at radius 2 is 1.78 bits per heavy atom. The van der Waals surface area contributed by atoms with Crippen molar-refractivity contribution in [2.75, 3.05) is 13.1 Å². The Kier molecular flexibility index (Phi) is 5.00. The van der Waals surface area contributed by atoms with E-state index in [1.165, 1.54) is 0 Å². The van der Waals surface area contributed by atoms with Crippen molar-refractivity contribution in [2.24, 2.45) is 5.92 Å². The van der Waals surface area contributed by atoms with Gasteiger partial charge in [-0.05, 0) is 60.0 Å². The first-order chi connectivity index (χ1) is 12.8.